The summed E-state index contributed by atoms with van der Waals surface area (Å²) in [7, 11) is 0. The molecule has 21 heavy (non-hydrogen) atoms. The number of hydrogen-bond acceptors (Lipinski definition) is 2. The van der Waals surface area contributed by atoms with E-state index >= 15 is 0 Å². The predicted molar refractivity (Wildman–Crippen MR) is 74.0 cm³/mol. The third-order valence-corrected chi connectivity index (χ3v) is 2.59. The maximum atomic E-state index is 13.4. The Morgan fingerprint density at radius 1 is 0.905 bits per heavy atom. The van der Waals surface area contributed by atoms with Crippen molar-refractivity contribution in [2.75, 3.05) is 10.6 Å². The van der Waals surface area contributed by atoms with Gasteiger partial charge < -0.3 is 16.4 Å². The molecule has 5 nitrogen and oxygen atoms in total. The summed E-state index contributed by atoms with van der Waals surface area (Å²) in [6.07, 6.45) is 0. The van der Waals surface area contributed by atoms with E-state index < -0.39 is 23.6 Å². The Balaban J connectivity index is 2.10. The number of hydrogen-bond donors (Lipinski definition) is 3. The third-order valence-electron chi connectivity index (χ3n) is 2.59. The molecule has 7 heteroatoms. The predicted octanol–water partition coefficient (Wildman–Crippen LogP) is 2.71. The van der Waals surface area contributed by atoms with E-state index in [0.717, 1.165) is 12.1 Å². The van der Waals surface area contributed by atoms with E-state index in [1.807, 2.05) is 0 Å². The fraction of sp³-hybridized carbons (Fsp3) is 0. The van der Waals surface area contributed by atoms with Crippen LogP contribution in [0.2, 0.25) is 0 Å². The highest BCUT2D eigenvalue weighted by Crippen LogP contribution is 2.16. The highest BCUT2D eigenvalue weighted by atomic mass is 19.1. The number of halogens is 2. The molecule has 0 saturated heterocycles. The van der Waals surface area contributed by atoms with Gasteiger partial charge in [0.15, 0.2) is 0 Å². The molecule has 0 aliphatic carbocycles. The minimum absolute atomic E-state index is 0.268. The van der Waals surface area contributed by atoms with E-state index in [1.165, 1.54) is 24.3 Å². The molecule has 0 bridgehead atoms. The molecular formula is C14H11F2N3O2. The second-order valence-electron chi connectivity index (χ2n) is 4.14. The van der Waals surface area contributed by atoms with Crippen LogP contribution in [0, 0.1) is 11.6 Å². The van der Waals surface area contributed by atoms with Gasteiger partial charge in [0.05, 0.1) is 5.56 Å². The first-order valence-corrected chi connectivity index (χ1v) is 5.88. The first-order valence-electron chi connectivity index (χ1n) is 5.88. The molecule has 0 radical (unpaired) electrons. The summed E-state index contributed by atoms with van der Waals surface area (Å²) < 4.78 is 26.2. The lowest BCUT2D eigenvalue weighted by Crippen LogP contribution is -2.19. The first kappa shape index (κ1) is 14.4. The molecule has 0 aromatic heterocycles. The van der Waals surface area contributed by atoms with Gasteiger partial charge in [-0.1, -0.05) is 0 Å². The molecule has 0 heterocycles. The maximum absolute atomic E-state index is 13.4. The number of carbonyl (C=O) groups is 2. The molecule has 4 N–H and O–H groups in total. The number of nitrogens with two attached hydrogens (primary N) is 1. The van der Waals surface area contributed by atoms with Crippen molar-refractivity contribution < 1.29 is 18.4 Å². The number of urea groups is 1. The van der Waals surface area contributed by atoms with Gasteiger partial charge >= 0.3 is 6.03 Å². The lowest BCUT2D eigenvalue weighted by Gasteiger charge is -2.07. The number of nitrogens with one attached hydrogen (secondary N) is 2. The topological polar surface area (TPSA) is 84.2 Å². The monoisotopic (exact) mass is 291 g/mol. The van der Waals surface area contributed by atoms with E-state index in [0.29, 0.717) is 17.4 Å². The molecule has 2 aromatic carbocycles. The van der Waals surface area contributed by atoms with Crippen molar-refractivity contribution in [1.29, 1.82) is 0 Å². The van der Waals surface area contributed by atoms with Gasteiger partial charge in [0.1, 0.15) is 11.6 Å². The van der Waals surface area contributed by atoms with Gasteiger partial charge in [-0.3, -0.25) is 4.79 Å². The Labute approximate surface area is 118 Å². The van der Waals surface area contributed by atoms with Gasteiger partial charge in [0.2, 0.25) is 0 Å². The Bertz CT molecular complexity index is 687. The van der Waals surface area contributed by atoms with Crippen LogP contribution in [0.3, 0.4) is 0 Å². The van der Waals surface area contributed by atoms with E-state index in [9.17, 15) is 18.4 Å². The van der Waals surface area contributed by atoms with Crippen LogP contribution in [-0.4, -0.2) is 11.9 Å². The van der Waals surface area contributed by atoms with Gasteiger partial charge in [-0.2, -0.15) is 0 Å². The van der Waals surface area contributed by atoms with Crippen molar-refractivity contribution in [3.05, 3.63) is 59.7 Å². The van der Waals surface area contributed by atoms with Crippen LogP contribution >= 0.6 is 0 Å². The molecule has 0 aliphatic heterocycles. The maximum Gasteiger partial charge on any atom is 0.316 e. The summed E-state index contributed by atoms with van der Waals surface area (Å²) in [4.78, 5) is 22.5. The number of benzene rings is 2. The minimum Gasteiger partial charge on any atom is -0.351 e. The lowest BCUT2D eigenvalue weighted by molar-refractivity contribution is 0.102. The molecule has 0 atom stereocenters. The molecule has 0 unspecified atom stereocenters. The van der Waals surface area contributed by atoms with E-state index in [4.69, 9.17) is 5.73 Å². The average Bonchev–Trinajstić information content (AvgIpc) is 2.40. The highest BCUT2D eigenvalue weighted by molar-refractivity contribution is 6.04. The fourth-order valence-electron chi connectivity index (χ4n) is 1.65. The van der Waals surface area contributed by atoms with Crippen LogP contribution in [0.15, 0.2) is 42.5 Å². The van der Waals surface area contributed by atoms with Crippen molar-refractivity contribution >= 4 is 23.3 Å². The van der Waals surface area contributed by atoms with E-state index in [1.54, 1.807) is 0 Å². The molecule has 0 aliphatic rings. The lowest BCUT2D eigenvalue weighted by atomic mass is 10.2. The summed E-state index contributed by atoms with van der Waals surface area (Å²) in [6, 6.07) is 8.02. The summed E-state index contributed by atoms with van der Waals surface area (Å²) in [5.74, 6) is -2.41. The van der Waals surface area contributed by atoms with Crippen LogP contribution < -0.4 is 16.4 Å². The van der Waals surface area contributed by atoms with Crippen molar-refractivity contribution in [3.8, 4) is 0 Å². The Morgan fingerprint density at radius 2 is 1.48 bits per heavy atom. The average molecular weight is 291 g/mol. The van der Waals surface area contributed by atoms with Crippen LogP contribution in [0.4, 0.5) is 25.0 Å². The number of amides is 3. The zero-order valence-electron chi connectivity index (χ0n) is 10.7. The second kappa shape index (κ2) is 6.00. The number of rotatable bonds is 3. The van der Waals surface area contributed by atoms with Crippen molar-refractivity contribution in [2.24, 2.45) is 5.73 Å². The highest BCUT2D eigenvalue weighted by Gasteiger charge is 2.12. The molecule has 2 rings (SSSR count). The third kappa shape index (κ3) is 3.75. The molecule has 0 saturated carbocycles. The van der Waals surface area contributed by atoms with Gasteiger partial charge in [-0.15, -0.1) is 0 Å². The summed E-state index contributed by atoms with van der Waals surface area (Å²) >= 11 is 0. The molecule has 108 valence electrons. The zero-order valence-corrected chi connectivity index (χ0v) is 10.7. The SMILES string of the molecule is NC(=O)Nc1ccc(NC(=O)c2ccc(F)cc2F)cc1. The minimum atomic E-state index is -0.945. The van der Waals surface area contributed by atoms with Gasteiger partial charge in [0, 0.05) is 17.4 Å². The number of primary amides is 1. The van der Waals surface area contributed by atoms with Gasteiger partial charge in [-0.25, -0.2) is 13.6 Å². The molecular weight excluding hydrogens is 280 g/mol. The zero-order chi connectivity index (χ0) is 15.4. The van der Waals surface area contributed by atoms with Crippen LogP contribution in [0.5, 0.6) is 0 Å². The normalized spacial score (nSPS) is 10.0. The van der Waals surface area contributed by atoms with E-state index in [2.05, 4.69) is 10.6 Å². The first-order chi connectivity index (χ1) is 9.95. The summed E-state index contributed by atoms with van der Waals surface area (Å²) in [6.45, 7) is 0. The quantitative estimate of drug-likeness (QED) is 0.812. The molecule has 2 aromatic rings. The van der Waals surface area contributed by atoms with Crippen molar-refractivity contribution in [1.82, 2.24) is 0 Å². The second-order valence-corrected chi connectivity index (χ2v) is 4.14. The molecule has 3 amide bonds. The standard InChI is InChI=1S/C14H11F2N3O2/c15-8-1-6-11(12(16)7-8)13(20)18-9-2-4-10(5-3-9)19-14(17)21/h1-7H,(H,18,20)(H3,17,19,21). The molecule has 0 fully saturated rings. The number of carbonyl (C=O) groups excluding carboxylic acids is 2. The van der Waals surface area contributed by atoms with Crippen LogP contribution in [0.25, 0.3) is 0 Å². The largest absolute Gasteiger partial charge is 0.351 e. The summed E-state index contributed by atoms with van der Waals surface area (Å²) in [5.41, 5.74) is 5.53. The van der Waals surface area contributed by atoms with Crippen molar-refractivity contribution in [3.63, 3.8) is 0 Å². The van der Waals surface area contributed by atoms with Crippen LogP contribution in [-0.2, 0) is 0 Å². The van der Waals surface area contributed by atoms with Gasteiger partial charge in [0.25, 0.3) is 5.91 Å². The molecule has 0 spiro atoms. The van der Waals surface area contributed by atoms with Gasteiger partial charge in [-0.05, 0) is 36.4 Å². The Hall–Kier alpha value is -2.96. The van der Waals surface area contributed by atoms with Crippen LogP contribution in [0.1, 0.15) is 10.4 Å². The Morgan fingerprint density at radius 3 is 2.00 bits per heavy atom. The fourth-order valence-corrected chi connectivity index (χ4v) is 1.65. The van der Waals surface area contributed by atoms with Crippen molar-refractivity contribution in [2.45, 2.75) is 0 Å². The van der Waals surface area contributed by atoms with E-state index in [-0.39, 0.29) is 5.56 Å². The summed E-state index contributed by atoms with van der Waals surface area (Å²) in [5, 5.41) is 4.81. The number of anilines is 2. The Kier molecular flexibility index (Phi) is 4.13. The smallest absolute Gasteiger partial charge is 0.316 e.